The Kier molecular flexibility index (Phi) is 3.09. The van der Waals surface area contributed by atoms with Gasteiger partial charge in [0.15, 0.2) is 0 Å². The first-order chi connectivity index (χ1) is 7.86. The van der Waals surface area contributed by atoms with E-state index in [1.807, 2.05) is 13.0 Å². The van der Waals surface area contributed by atoms with Crippen molar-refractivity contribution in [2.24, 2.45) is 0 Å². The van der Waals surface area contributed by atoms with Crippen LogP contribution in [0.4, 0.5) is 13.2 Å². The van der Waals surface area contributed by atoms with Gasteiger partial charge >= 0.3 is 6.18 Å². The largest absolute Gasteiger partial charge is 0.451 e. The summed E-state index contributed by atoms with van der Waals surface area (Å²) in [6.07, 6.45) is -4.59. The van der Waals surface area contributed by atoms with Gasteiger partial charge in [0, 0.05) is 10.9 Å². The highest BCUT2D eigenvalue weighted by Gasteiger charge is 2.35. The van der Waals surface area contributed by atoms with Gasteiger partial charge in [-0.1, -0.05) is 11.6 Å². The van der Waals surface area contributed by atoms with E-state index in [0.29, 0.717) is 4.88 Å². The first kappa shape index (κ1) is 12.3. The van der Waals surface area contributed by atoms with E-state index in [9.17, 15) is 13.2 Å². The molecule has 2 aromatic heterocycles. The third-order valence-corrected chi connectivity index (χ3v) is 3.16. The number of thiophene rings is 1. The lowest BCUT2D eigenvalue weighted by molar-refractivity contribution is -0.144. The molecule has 0 aliphatic carbocycles. The number of alkyl halides is 3. The number of hydrogen-bond donors (Lipinski definition) is 0. The Morgan fingerprint density at radius 1 is 1.24 bits per heavy atom. The maximum atomic E-state index is 12.5. The van der Waals surface area contributed by atoms with Crippen molar-refractivity contribution in [1.29, 1.82) is 0 Å². The molecular formula is C10H6ClF3N2S. The third kappa shape index (κ3) is 2.76. The number of hydrogen-bond acceptors (Lipinski definition) is 3. The SMILES string of the molecule is Cc1ccc(-c2cc(Cl)nc(C(F)(F)F)n2)s1. The molecule has 0 saturated heterocycles. The zero-order chi connectivity index (χ0) is 12.6. The van der Waals surface area contributed by atoms with Gasteiger partial charge in [-0.2, -0.15) is 13.2 Å². The van der Waals surface area contributed by atoms with Gasteiger partial charge in [0.25, 0.3) is 0 Å². The molecule has 7 heteroatoms. The molecule has 0 aliphatic heterocycles. The van der Waals surface area contributed by atoms with Crippen LogP contribution in [0.15, 0.2) is 18.2 Å². The average molecular weight is 279 g/mol. The molecule has 0 aliphatic rings. The fraction of sp³-hybridized carbons (Fsp3) is 0.200. The molecule has 0 fully saturated rings. The van der Waals surface area contributed by atoms with Crippen LogP contribution in [0.5, 0.6) is 0 Å². The Labute approximate surface area is 104 Å². The predicted molar refractivity (Wildman–Crippen MR) is 60.1 cm³/mol. The van der Waals surface area contributed by atoms with Gasteiger partial charge in [0.1, 0.15) is 5.15 Å². The zero-order valence-electron chi connectivity index (χ0n) is 8.55. The minimum atomic E-state index is -4.59. The topological polar surface area (TPSA) is 25.8 Å². The fourth-order valence-corrected chi connectivity index (χ4v) is 2.25. The van der Waals surface area contributed by atoms with Crippen LogP contribution in [0.2, 0.25) is 5.15 Å². The van der Waals surface area contributed by atoms with Gasteiger partial charge in [0.05, 0.1) is 10.6 Å². The van der Waals surface area contributed by atoms with Crippen molar-refractivity contribution >= 4 is 22.9 Å². The molecule has 0 unspecified atom stereocenters. The lowest BCUT2D eigenvalue weighted by Crippen LogP contribution is -2.11. The summed E-state index contributed by atoms with van der Waals surface area (Å²) >= 11 is 6.92. The molecule has 0 atom stereocenters. The minimum Gasteiger partial charge on any atom is -0.223 e. The summed E-state index contributed by atoms with van der Waals surface area (Å²) in [6.45, 7) is 1.86. The highest BCUT2D eigenvalue weighted by Crippen LogP contribution is 2.32. The van der Waals surface area contributed by atoms with E-state index in [0.717, 1.165) is 4.88 Å². The molecule has 0 amide bonds. The summed E-state index contributed by atoms with van der Waals surface area (Å²) in [7, 11) is 0. The van der Waals surface area contributed by atoms with Crippen molar-refractivity contribution in [1.82, 2.24) is 9.97 Å². The van der Waals surface area contributed by atoms with Crippen molar-refractivity contribution in [3.8, 4) is 10.6 Å². The van der Waals surface area contributed by atoms with Crippen LogP contribution < -0.4 is 0 Å². The molecule has 0 radical (unpaired) electrons. The van der Waals surface area contributed by atoms with Gasteiger partial charge in [0.2, 0.25) is 5.82 Å². The Morgan fingerprint density at radius 2 is 1.94 bits per heavy atom. The molecule has 0 spiro atoms. The second-order valence-electron chi connectivity index (χ2n) is 3.31. The molecule has 2 nitrogen and oxygen atoms in total. The van der Waals surface area contributed by atoms with E-state index in [-0.39, 0.29) is 10.8 Å². The van der Waals surface area contributed by atoms with E-state index in [1.54, 1.807) is 6.07 Å². The quantitative estimate of drug-likeness (QED) is 0.731. The van der Waals surface area contributed by atoms with Crippen molar-refractivity contribution in [3.63, 3.8) is 0 Å². The highest BCUT2D eigenvalue weighted by atomic mass is 35.5. The number of nitrogens with zero attached hydrogens (tertiary/aromatic N) is 2. The summed E-state index contributed by atoms with van der Waals surface area (Å²) in [5, 5.41) is -0.214. The lowest BCUT2D eigenvalue weighted by atomic mass is 10.3. The molecular weight excluding hydrogens is 273 g/mol. The summed E-state index contributed by atoms with van der Waals surface area (Å²) in [5.41, 5.74) is 0.190. The van der Waals surface area contributed by atoms with Crippen LogP contribution in [0.3, 0.4) is 0 Å². The standard InChI is InChI=1S/C10H6ClF3N2S/c1-5-2-3-7(17-5)6-4-8(11)16-9(15-6)10(12,13)14/h2-4H,1H3. The molecule has 2 aromatic rings. The van der Waals surface area contributed by atoms with Crippen molar-refractivity contribution in [3.05, 3.63) is 34.1 Å². The van der Waals surface area contributed by atoms with Gasteiger partial charge in [-0.15, -0.1) is 11.3 Å². The minimum absolute atomic E-state index is 0.190. The number of halogens is 4. The van der Waals surface area contributed by atoms with Crippen LogP contribution in [0.25, 0.3) is 10.6 Å². The van der Waals surface area contributed by atoms with Gasteiger partial charge in [-0.05, 0) is 19.1 Å². The average Bonchev–Trinajstić information content (AvgIpc) is 2.62. The van der Waals surface area contributed by atoms with Crippen LogP contribution >= 0.6 is 22.9 Å². The Hall–Kier alpha value is -1.14. The van der Waals surface area contributed by atoms with E-state index >= 15 is 0 Å². The van der Waals surface area contributed by atoms with Crippen molar-refractivity contribution in [2.45, 2.75) is 13.1 Å². The summed E-state index contributed by atoms with van der Waals surface area (Å²) in [5.74, 6) is -1.22. The fourth-order valence-electron chi connectivity index (χ4n) is 1.24. The monoisotopic (exact) mass is 278 g/mol. The van der Waals surface area contributed by atoms with Gasteiger partial charge in [-0.3, -0.25) is 0 Å². The molecule has 0 N–H and O–H groups in total. The molecule has 0 bridgehead atoms. The lowest BCUT2D eigenvalue weighted by Gasteiger charge is -2.06. The zero-order valence-corrected chi connectivity index (χ0v) is 10.1. The normalized spacial score (nSPS) is 11.8. The van der Waals surface area contributed by atoms with Crippen molar-refractivity contribution in [2.75, 3.05) is 0 Å². The van der Waals surface area contributed by atoms with E-state index in [4.69, 9.17) is 11.6 Å². The van der Waals surface area contributed by atoms with Gasteiger partial charge in [-0.25, -0.2) is 9.97 Å². The molecule has 0 saturated carbocycles. The second-order valence-corrected chi connectivity index (χ2v) is 4.98. The summed E-state index contributed by atoms with van der Waals surface area (Å²) < 4.78 is 37.5. The smallest absolute Gasteiger partial charge is 0.223 e. The van der Waals surface area contributed by atoms with Crippen LogP contribution in [-0.4, -0.2) is 9.97 Å². The highest BCUT2D eigenvalue weighted by molar-refractivity contribution is 7.15. The maximum absolute atomic E-state index is 12.5. The van der Waals surface area contributed by atoms with Gasteiger partial charge < -0.3 is 0 Å². The Bertz CT molecular complexity index is 551. The number of aromatic nitrogens is 2. The van der Waals surface area contributed by atoms with E-state index in [2.05, 4.69) is 9.97 Å². The molecule has 90 valence electrons. The molecule has 2 heterocycles. The van der Waals surface area contributed by atoms with Crippen LogP contribution in [0, 0.1) is 6.92 Å². The maximum Gasteiger partial charge on any atom is 0.451 e. The molecule has 2 rings (SSSR count). The second kappa shape index (κ2) is 4.27. The molecule has 17 heavy (non-hydrogen) atoms. The van der Waals surface area contributed by atoms with E-state index < -0.39 is 12.0 Å². The molecule has 0 aromatic carbocycles. The third-order valence-electron chi connectivity index (χ3n) is 1.94. The Morgan fingerprint density at radius 3 is 2.47 bits per heavy atom. The van der Waals surface area contributed by atoms with E-state index in [1.165, 1.54) is 17.4 Å². The predicted octanol–water partition coefficient (Wildman–Crippen LogP) is 4.19. The van der Waals surface area contributed by atoms with Crippen LogP contribution in [-0.2, 0) is 6.18 Å². The number of rotatable bonds is 1. The summed E-state index contributed by atoms with van der Waals surface area (Å²) in [6, 6.07) is 4.84. The van der Waals surface area contributed by atoms with Crippen LogP contribution in [0.1, 0.15) is 10.7 Å². The van der Waals surface area contributed by atoms with Crippen molar-refractivity contribution < 1.29 is 13.2 Å². The first-order valence-electron chi connectivity index (χ1n) is 4.55. The first-order valence-corrected chi connectivity index (χ1v) is 5.74. The number of aryl methyl sites for hydroxylation is 1. The summed E-state index contributed by atoms with van der Waals surface area (Å²) in [4.78, 5) is 8.28. The Balaban J connectivity index is 2.52.